The van der Waals surface area contributed by atoms with E-state index in [1.807, 2.05) is 24.3 Å². The lowest BCUT2D eigenvalue weighted by atomic mass is 10.1. The molecule has 1 aliphatic heterocycles. The van der Waals surface area contributed by atoms with Crippen molar-refractivity contribution in [1.29, 1.82) is 0 Å². The summed E-state index contributed by atoms with van der Waals surface area (Å²) < 4.78 is 29.7. The van der Waals surface area contributed by atoms with Gasteiger partial charge in [-0.15, -0.1) is 0 Å². The molecule has 0 radical (unpaired) electrons. The summed E-state index contributed by atoms with van der Waals surface area (Å²) in [5.41, 5.74) is 6.84. The average Bonchev–Trinajstić information content (AvgIpc) is 3.00. The molecule has 0 bridgehead atoms. The summed E-state index contributed by atoms with van der Waals surface area (Å²) in [7, 11) is -1.48. The average molecular weight is 340 g/mol. The Labute approximate surface area is 137 Å². The summed E-state index contributed by atoms with van der Waals surface area (Å²) in [6, 6.07) is 7.65. The van der Waals surface area contributed by atoms with Gasteiger partial charge in [0.2, 0.25) is 10.0 Å². The zero-order chi connectivity index (χ0) is 16.9. The van der Waals surface area contributed by atoms with Crippen LogP contribution in [0.15, 0.2) is 29.3 Å². The molecule has 0 aliphatic carbocycles. The van der Waals surface area contributed by atoms with Crippen molar-refractivity contribution in [1.82, 2.24) is 9.62 Å². The van der Waals surface area contributed by atoms with Gasteiger partial charge in [0.25, 0.3) is 0 Å². The second kappa shape index (κ2) is 7.65. The minimum Gasteiger partial charge on any atom is -0.496 e. The number of para-hydroxylation sites is 1. The molecule has 0 spiro atoms. The second-order valence-electron chi connectivity index (χ2n) is 5.67. The highest BCUT2D eigenvalue weighted by atomic mass is 32.2. The zero-order valence-corrected chi connectivity index (χ0v) is 14.3. The minimum atomic E-state index is -3.10. The van der Waals surface area contributed by atoms with Crippen LogP contribution in [0.4, 0.5) is 0 Å². The van der Waals surface area contributed by atoms with Crippen molar-refractivity contribution in [3.63, 3.8) is 0 Å². The summed E-state index contributed by atoms with van der Waals surface area (Å²) in [5, 5.41) is 3.07. The maximum Gasteiger partial charge on any atom is 0.211 e. The van der Waals surface area contributed by atoms with Gasteiger partial charge < -0.3 is 15.8 Å². The van der Waals surface area contributed by atoms with E-state index in [1.165, 1.54) is 10.6 Å². The molecule has 1 unspecified atom stereocenters. The van der Waals surface area contributed by atoms with Crippen LogP contribution in [-0.2, 0) is 16.6 Å². The second-order valence-corrected chi connectivity index (χ2v) is 7.65. The van der Waals surface area contributed by atoms with Gasteiger partial charge in [-0.3, -0.25) is 0 Å². The monoisotopic (exact) mass is 340 g/mol. The molecule has 0 saturated carbocycles. The Hall–Kier alpha value is -1.80. The molecule has 1 atom stereocenters. The van der Waals surface area contributed by atoms with E-state index >= 15 is 0 Å². The Morgan fingerprint density at radius 2 is 2.22 bits per heavy atom. The lowest BCUT2D eigenvalue weighted by Crippen LogP contribution is -2.36. The topological polar surface area (TPSA) is 97.0 Å². The van der Waals surface area contributed by atoms with Crippen molar-refractivity contribution in [2.75, 3.05) is 33.0 Å². The van der Waals surface area contributed by atoms with Crippen molar-refractivity contribution in [3.8, 4) is 5.75 Å². The highest BCUT2D eigenvalue weighted by Gasteiger charge is 2.28. The summed E-state index contributed by atoms with van der Waals surface area (Å²) in [5.74, 6) is 1.39. The molecular formula is C15H24N4O3S. The molecule has 7 nitrogen and oxygen atoms in total. The number of ether oxygens (including phenoxy) is 1. The first-order chi connectivity index (χ1) is 10.9. The number of methoxy groups -OCH3 is 1. The smallest absolute Gasteiger partial charge is 0.211 e. The number of benzene rings is 1. The maximum absolute atomic E-state index is 11.5. The van der Waals surface area contributed by atoms with E-state index in [4.69, 9.17) is 10.5 Å². The van der Waals surface area contributed by atoms with Crippen LogP contribution in [0.1, 0.15) is 12.0 Å². The number of nitrogens with two attached hydrogens (primary N) is 1. The molecule has 3 N–H and O–H groups in total. The van der Waals surface area contributed by atoms with E-state index < -0.39 is 10.0 Å². The van der Waals surface area contributed by atoms with Gasteiger partial charge in [-0.05, 0) is 18.4 Å². The molecule has 0 amide bonds. The fourth-order valence-corrected chi connectivity index (χ4v) is 3.49. The third kappa shape index (κ3) is 5.11. The molecular weight excluding hydrogens is 316 g/mol. The van der Waals surface area contributed by atoms with Crippen molar-refractivity contribution in [2.45, 2.75) is 13.0 Å². The molecule has 0 aromatic heterocycles. The predicted molar refractivity (Wildman–Crippen MR) is 90.8 cm³/mol. The Bertz CT molecular complexity index is 660. The highest BCUT2D eigenvalue weighted by molar-refractivity contribution is 7.88. The summed E-state index contributed by atoms with van der Waals surface area (Å²) in [4.78, 5) is 4.30. The van der Waals surface area contributed by atoms with Crippen molar-refractivity contribution < 1.29 is 13.2 Å². The molecule has 1 saturated heterocycles. The Morgan fingerprint density at radius 3 is 2.87 bits per heavy atom. The largest absolute Gasteiger partial charge is 0.496 e. The normalized spacial score (nSPS) is 19.7. The van der Waals surface area contributed by atoms with Gasteiger partial charge in [0.1, 0.15) is 5.75 Å². The molecule has 1 aliphatic rings. The first-order valence-electron chi connectivity index (χ1n) is 7.51. The fourth-order valence-electron chi connectivity index (χ4n) is 2.57. The standard InChI is InChI=1S/C15H24N4O3S/c1-22-14-6-4-3-5-13(14)10-18-15(16)17-9-12-7-8-19(11-12)23(2,20)21/h3-6,12H,7-11H2,1-2H3,(H3,16,17,18). The van der Waals surface area contributed by atoms with E-state index in [9.17, 15) is 8.42 Å². The van der Waals surface area contributed by atoms with E-state index in [2.05, 4.69) is 10.3 Å². The number of hydrogen-bond donors (Lipinski definition) is 2. The quantitative estimate of drug-likeness (QED) is 0.576. The Morgan fingerprint density at radius 1 is 1.48 bits per heavy atom. The number of rotatable bonds is 6. The number of guanidine groups is 1. The van der Waals surface area contributed by atoms with Crippen LogP contribution in [0.25, 0.3) is 0 Å². The molecule has 1 fully saturated rings. The van der Waals surface area contributed by atoms with Gasteiger partial charge in [0.15, 0.2) is 5.96 Å². The molecule has 1 aromatic rings. The molecule has 23 heavy (non-hydrogen) atoms. The number of hydrogen-bond acceptors (Lipinski definition) is 4. The zero-order valence-electron chi connectivity index (χ0n) is 13.5. The van der Waals surface area contributed by atoms with Gasteiger partial charge in [-0.25, -0.2) is 17.7 Å². The third-order valence-electron chi connectivity index (χ3n) is 3.90. The first-order valence-corrected chi connectivity index (χ1v) is 9.36. The van der Waals surface area contributed by atoms with Crippen LogP contribution < -0.4 is 15.8 Å². The number of sulfonamides is 1. The van der Waals surface area contributed by atoms with E-state index in [-0.39, 0.29) is 5.92 Å². The van der Waals surface area contributed by atoms with Crippen molar-refractivity contribution in [2.24, 2.45) is 16.6 Å². The summed E-state index contributed by atoms with van der Waals surface area (Å²) >= 11 is 0. The lowest BCUT2D eigenvalue weighted by Gasteiger charge is -2.14. The van der Waals surface area contributed by atoms with E-state index in [0.717, 1.165) is 17.7 Å². The minimum absolute atomic E-state index is 0.254. The van der Waals surface area contributed by atoms with Gasteiger partial charge in [-0.2, -0.15) is 0 Å². The summed E-state index contributed by atoms with van der Waals surface area (Å²) in [6.07, 6.45) is 2.08. The molecule has 2 rings (SSSR count). The summed E-state index contributed by atoms with van der Waals surface area (Å²) in [6.45, 7) is 2.16. The predicted octanol–water partition coefficient (Wildman–Crippen LogP) is 0.381. The SMILES string of the molecule is COc1ccccc1CN=C(N)NCC1CCN(S(C)(=O)=O)C1. The van der Waals surface area contributed by atoms with Crippen LogP contribution in [-0.4, -0.2) is 51.7 Å². The van der Waals surface area contributed by atoms with Gasteiger partial charge >= 0.3 is 0 Å². The first kappa shape index (κ1) is 17.6. The maximum atomic E-state index is 11.5. The molecule has 1 aromatic carbocycles. The number of nitrogens with one attached hydrogen (secondary N) is 1. The van der Waals surface area contributed by atoms with Crippen LogP contribution in [0, 0.1) is 5.92 Å². The van der Waals surface area contributed by atoms with Gasteiger partial charge in [0, 0.05) is 25.2 Å². The fraction of sp³-hybridized carbons (Fsp3) is 0.533. The highest BCUT2D eigenvalue weighted by Crippen LogP contribution is 2.19. The molecule has 128 valence electrons. The number of aliphatic imine (C=N–C) groups is 1. The van der Waals surface area contributed by atoms with Crippen LogP contribution in [0.5, 0.6) is 5.75 Å². The third-order valence-corrected chi connectivity index (χ3v) is 5.17. The van der Waals surface area contributed by atoms with Gasteiger partial charge in [0.05, 0.1) is 19.9 Å². The Balaban J connectivity index is 1.82. The van der Waals surface area contributed by atoms with Crippen LogP contribution >= 0.6 is 0 Å². The van der Waals surface area contributed by atoms with Crippen molar-refractivity contribution >= 4 is 16.0 Å². The molecule has 8 heteroatoms. The van der Waals surface area contributed by atoms with E-state index in [1.54, 1.807) is 7.11 Å². The van der Waals surface area contributed by atoms with Crippen LogP contribution in [0.3, 0.4) is 0 Å². The molecule has 1 heterocycles. The van der Waals surface area contributed by atoms with Crippen molar-refractivity contribution in [3.05, 3.63) is 29.8 Å². The number of nitrogens with zero attached hydrogens (tertiary/aromatic N) is 2. The Kier molecular flexibility index (Phi) is 5.84. The van der Waals surface area contributed by atoms with Crippen LogP contribution in [0.2, 0.25) is 0 Å². The van der Waals surface area contributed by atoms with E-state index in [0.29, 0.717) is 32.1 Å². The lowest BCUT2D eigenvalue weighted by molar-refractivity contribution is 0.410. The van der Waals surface area contributed by atoms with Gasteiger partial charge in [-0.1, -0.05) is 18.2 Å².